The molecule has 2 aromatic heterocycles. The third-order valence-electron chi connectivity index (χ3n) is 5.46. The second kappa shape index (κ2) is 8.06. The van der Waals surface area contributed by atoms with Crippen LogP contribution in [0.1, 0.15) is 43.7 Å². The van der Waals surface area contributed by atoms with E-state index in [0.29, 0.717) is 5.92 Å². The van der Waals surface area contributed by atoms with Crippen LogP contribution >= 0.6 is 15.9 Å². The second-order valence-electron chi connectivity index (χ2n) is 7.64. The fourth-order valence-electron chi connectivity index (χ4n) is 4.05. The third kappa shape index (κ3) is 3.36. The van der Waals surface area contributed by atoms with E-state index in [4.69, 9.17) is 10.7 Å². The molecular formula is C24H26BrN3. The molecule has 0 radical (unpaired) electrons. The minimum atomic E-state index is 0.465. The monoisotopic (exact) mass is 435 g/mol. The first-order valence-corrected chi connectivity index (χ1v) is 10.8. The molecule has 0 aliphatic carbocycles. The van der Waals surface area contributed by atoms with Gasteiger partial charge in [-0.05, 0) is 61.1 Å². The summed E-state index contributed by atoms with van der Waals surface area (Å²) >= 11 is 3.67. The highest BCUT2D eigenvalue weighted by atomic mass is 79.9. The van der Waals surface area contributed by atoms with E-state index in [-0.39, 0.29) is 0 Å². The van der Waals surface area contributed by atoms with Gasteiger partial charge in [-0.3, -0.25) is 4.98 Å². The molecule has 4 rings (SSSR count). The standard InChI is InChI=1S/C24H26BrN3/c1-15(2)16-8-5-9-18-17(7-3-4-13-26)24(28-23(16)18)20-11-12-21(25)19-10-6-14-27-22(19)20/h5-6,8-12,14-15,28H,3-4,7,13,26H2,1-2H3. The molecule has 2 aromatic carbocycles. The largest absolute Gasteiger partial charge is 0.354 e. The van der Waals surface area contributed by atoms with Crippen molar-refractivity contribution < 1.29 is 0 Å². The van der Waals surface area contributed by atoms with Gasteiger partial charge in [0.1, 0.15) is 0 Å². The van der Waals surface area contributed by atoms with Gasteiger partial charge >= 0.3 is 0 Å². The molecule has 0 bridgehead atoms. The van der Waals surface area contributed by atoms with Crippen molar-refractivity contribution in [3.8, 4) is 11.3 Å². The fourth-order valence-corrected chi connectivity index (χ4v) is 4.50. The number of hydrogen-bond donors (Lipinski definition) is 2. The zero-order valence-electron chi connectivity index (χ0n) is 16.4. The Hall–Kier alpha value is -2.17. The second-order valence-corrected chi connectivity index (χ2v) is 8.50. The number of H-pyrrole nitrogens is 1. The minimum absolute atomic E-state index is 0.465. The van der Waals surface area contributed by atoms with Crippen molar-refractivity contribution in [2.24, 2.45) is 5.73 Å². The quantitative estimate of drug-likeness (QED) is 0.337. The highest BCUT2D eigenvalue weighted by molar-refractivity contribution is 9.10. The van der Waals surface area contributed by atoms with E-state index in [0.717, 1.165) is 46.7 Å². The molecule has 144 valence electrons. The summed E-state index contributed by atoms with van der Waals surface area (Å²) in [6.45, 7) is 5.23. The van der Waals surface area contributed by atoms with E-state index in [1.165, 1.54) is 27.7 Å². The van der Waals surface area contributed by atoms with Crippen LogP contribution in [-0.4, -0.2) is 16.5 Å². The van der Waals surface area contributed by atoms with Gasteiger partial charge < -0.3 is 10.7 Å². The molecule has 0 saturated heterocycles. The van der Waals surface area contributed by atoms with Crippen LogP contribution in [0.4, 0.5) is 0 Å². The van der Waals surface area contributed by atoms with Crippen LogP contribution in [0, 0.1) is 0 Å². The van der Waals surface area contributed by atoms with Crippen molar-refractivity contribution in [1.29, 1.82) is 0 Å². The molecule has 0 aliphatic heterocycles. The number of aromatic amines is 1. The number of unbranched alkanes of at least 4 members (excludes halogenated alkanes) is 1. The summed E-state index contributed by atoms with van der Waals surface area (Å²) in [5.74, 6) is 0.465. The van der Waals surface area contributed by atoms with Crippen molar-refractivity contribution in [1.82, 2.24) is 9.97 Å². The Balaban J connectivity index is 1.99. The Morgan fingerprint density at radius 1 is 1.04 bits per heavy atom. The van der Waals surface area contributed by atoms with Crippen LogP contribution in [0.25, 0.3) is 33.1 Å². The zero-order chi connectivity index (χ0) is 19.7. The van der Waals surface area contributed by atoms with Crippen LogP contribution < -0.4 is 5.73 Å². The van der Waals surface area contributed by atoms with E-state index in [1.807, 2.05) is 12.3 Å². The summed E-state index contributed by atoms with van der Waals surface area (Å²) in [5, 5.41) is 2.46. The maximum atomic E-state index is 5.76. The molecule has 28 heavy (non-hydrogen) atoms. The first kappa shape index (κ1) is 19.2. The van der Waals surface area contributed by atoms with E-state index in [9.17, 15) is 0 Å². The van der Waals surface area contributed by atoms with Gasteiger partial charge in [-0.2, -0.15) is 0 Å². The van der Waals surface area contributed by atoms with Gasteiger partial charge in [0.25, 0.3) is 0 Å². The van der Waals surface area contributed by atoms with Crippen LogP contribution in [0.5, 0.6) is 0 Å². The molecule has 4 heteroatoms. The topological polar surface area (TPSA) is 54.7 Å². The number of aromatic nitrogens is 2. The van der Waals surface area contributed by atoms with Crippen molar-refractivity contribution in [3.63, 3.8) is 0 Å². The summed E-state index contributed by atoms with van der Waals surface area (Å²) in [4.78, 5) is 8.50. The van der Waals surface area contributed by atoms with Gasteiger partial charge in [-0.1, -0.05) is 54.0 Å². The van der Waals surface area contributed by atoms with Crippen molar-refractivity contribution in [3.05, 3.63) is 64.3 Å². The predicted molar refractivity (Wildman–Crippen MR) is 123 cm³/mol. The van der Waals surface area contributed by atoms with Crippen molar-refractivity contribution >= 4 is 37.7 Å². The average molecular weight is 436 g/mol. The number of benzene rings is 2. The molecule has 2 heterocycles. The Morgan fingerprint density at radius 3 is 2.64 bits per heavy atom. The lowest BCUT2D eigenvalue weighted by molar-refractivity contribution is 0.748. The third-order valence-corrected chi connectivity index (χ3v) is 6.15. The van der Waals surface area contributed by atoms with Gasteiger partial charge in [0.05, 0.1) is 11.2 Å². The highest BCUT2D eigenvalue weighted by Crippen LogP contribution is 2.38. The molecule has 0 unspecified atom stereocenters. The highest BCUT2D eigenvalue weighted by Gasteiger charge is 2.18. The number of para-hydroxylation sites is 1. The van der Waals surface area contributed by atoms with Gasteiger partial charge in [0, 0.05) is 32.5 Å². The van der Waals surface area contributed by atoms with Gasteiger partial charge in [-0.25, -0.2) is 0 Å². The smallest absolute Gasteiger partial charge is 0.0806 e. The summed E-state index contributed by atoms with van der Waals surface area (Å²) in [6.07, 6.45) is 5.01. The first-order chi connectivity index (χ1) is 13.6. The number of hydrogen-bond acceptors (Lipinski definition) is 2. The van der Waals surface area contributed by atoms with E-state index in [2.05, 4.69) is 71.2 Å². The van der Waals surface area contributed by atoms with Crippen LogP contribution in [0.3, 0.4) is 0 Å². The molecule has 4 aromatic rings. The Labute approximate surface area is 174 Å². The Kier molecular flexibility index (Phi) is 5.51. The van der Waals surface area contributed by atoms with E-state index in [1.54, 1.807) is 0 Å². The lowest BCUT2D eigenvalue weighted by Crippen LogP contribution is -1.99. The van der Waals surface area contributed by atoms with Crippen LogP contribution in [0.2, 0.25) is 0 Å². The first-order valence-electron chi connectivity index (χ1n) is 9.99. The van der Waals surface area contributed by atoms with Gasteiger partial charge in [0.2, 0.25) is 0 Å². The van der Waals surface area contributed by atoms with Crippen LogP contribution in [-0.2, 0) is 6.42 Å². The molecule has 0 aliphatic rings. The van der Waals surface area contributed by atoms with Gasteiger partial charge in [-0.15, -0.1) is 0 Å². The fraction of sp³-hybridized carbons (Fsp3) is 0.292. The van der Waals surface area contributed by atoms with Crippen LogP contribution in [0.15, 0.2) is 53.1 Å². The van der Waals surface area contributed by atoms with Crippen molar-refractivity contribution in [2.45, 2.75) is 39.0 Å². The molecule has 0 atom stereocenters. The maximum Gasteiger partial charge on any atom is 0.0806 e. The average Bonchev–Trinajstić information content (AvgIpc) is 3.07. The SMILES string of the molecule is CC(C)c1cccc2c(CCCCN)c(-c3ccc(Br)c4cccnc34)[nH]c12. The number of nitrogens with zero attached hydrogens (tertiary/aromatic N) is 1. The summed E-state index contributed by atoms with van der Waals surface area (Å²) in [6, 6.07) is 15.1. The lowest BCUT2D eigenvalue weighted by Gasteiger charge is -2.09. The zero-order valence-corrected chi connectivity index (χ0v) is 18.0. The number of nitrogens with one attached hydrogen (secondary N) is 1. The number of pyridine rings is 1. The Bertz CT molecular complexity index is 1130. The molecular weight excluding hydrogens is 410 g/mol. The molecule has 0 saturated carbocycles. The Morgan fingerprint density at radius 2 is 1.86 bits per heavy atom. The minimum Gasteiger partial charge on any atom is -0.354 e. The summed E-state index contributed by atoms with van der Waals surface area (Å²) in [5.41, 5.74) is 13.1. The lowest BCUT2D eigenvalue weighted by atomic mass is 9.96. The summed E-state index contributed by atoms with van der Waals surface area (Å²) < 4.78 is 1.07. The number of halogens is 1. The number of aryl methyl sites for hydroxylation is 1. The normalized spacial score (nSPS) is 11.8. The number of rotatable bonds is 6. The predicted octanol–water partition coefficient (Wildman–Crippen LogP) is 6.55. The molecule has 0 amide bonds. The van der Waals surface area contributed by atoms with Crippen molar-refractivity contribution in [2.75, 3.05) is 6.54 Å². The number of fused-ring (bicyclic) bond motifs is 2. The maximum absolute atomic E-state index is 5.76. The molecule has 3 nitrogen and oxygen atoms in total. The molecule has 0 spiro atoms. The molecule has 0 fully saturated rings. The van der Waals surface area contributed by atoms with Gasteiger partial charge in [0.15, 0.2) is 0 Å². The van der Waals surface area contributed by atoms with E-state index < -0.39 is 0 Å². The molecule has 3 N–H and O–H groups in total. The van der Waals surface area contributed by atoms with E-state index >= 15 is 0 Å². The number of nitrogens with two attached hydrogens (primary N) is 1. The summed E-state index contributed by atoms with van der Waals surface area (Å²) in [7, 11) is 0.